The second-order valence-corrected chi connectivity index (χ2v) is 14.3. The molecule has 2 aromatic rings. The molecule has 0 aliphatic rings. The van der Waals surface area contributed by atoms with E-state index >= 15 is 0 Å². The fourth-order valence-corrected chi connectivity index (χ4v) is 3.55. The minimum absolute atomic E-state index is 0.0751. The van der Waals surface area contributed by atoms with Crippen LogP contribution >= 0.6 is 27.5 Å². The van der Waals surface area contributed by atoms with Crippen molar-refractivity contribution >= 4 is 47.3 Å². The first-order valence-electron chi connectivity index (χ1n) is 8.69. The maximum atomic E-state index is 13.5. The zero-order valence-electron chi connectivity index (χ0n) is 15.7. The molecule has 0 radical (unpaired) electrons. The quantitative estimate of drug-likeness (QED) is 0.393. The molecule has 0 saturated carbocycles. The maximum absolute atomic E-state index is 13.5. The predicted octanol–water partition coefficient (Wildman–Crippen LogP) is 5.32. The molecule has 1 N–H and O–H groups in total. The van der Waals surface area contributed by atoms with Gasteiger partial charge in [0, 0.05) is 19.1 Å². The van der Waals surface area contributed by atoms with Gasteiger partial charge < -0.3 is 10.1 Å². The van der Waals surface area contributed by atoms with E-state index in [0.29, 0.717) is 23.4 Å². The van der Waals surface area contributed by atoms with E-state index in [2.05, 4.69) is 46.0 Å². The molecule has 1 aromatic carbocycles. The molecule has 2 rings (SSSR count). The average Bonchev–Trinajstić information content (AvgIpc) is 2.91. The third kappa shape index (κ3) is 7.73. The van der Waals surface area contributed by atoms with Crippen LogP contribution in [-0.4, -0.2) is 30.4 Å². The first-order valence-corrected chi connectivity index (χ1v) is 13.6. The van der Waals surface area contributed by atoms with Gasteiger partial charge in [0.25, 0.3) is 0 Å². The van der Waals surface area contributed by atoms with E-state index in [-0.39, 0.29) is 24.1 Å². The number of amides is 1. The molecule has 9 heteroatoms. The van der Waals surface area contributed by atoms with Crippen LogP contribution in [0.25, 0.3) is 0 Å². The zero-order valence-corrected chi connectivity index (χ0v) is 19.0. The summed E-state index contributed by atoms with van der Waals surface area (Å²) in [5.74, 6) is -0.102. The van der Waals surface area contributed by atoms with Gasteiger partial charge in [-0.15, -0.1) is 14.1 Å². The Morgan fingerprint density at radius 3 is 2.78 bits per heavy atom. The summed E-state index contributed by atoms with van der Waals surface area (Å²) in [5.41, 5.74) is 0.719. The van der Waals surface area contributed by atoms with Gasteiger partial charge in [-0.25, -0.2) is 9.07 Å². The Balaban J connectivity index is 1.86. The number of hydrogen-bond donors (Lipinski definition) is 1. The lowest BCUT2D eigenvalue weighted by Gasteiger charge is -2.26. The molecule has 0 saturated heterocycles. The highest BCUT2D eigenvalue weighted by molar-refractivity contribution is 9.10. The largest absolute Gasteiger partial charge is 0.362 e. The van der Waals surface area contributed by atoms with E-state index in [9.17, 15) is 9.18 Å². The fourth-order valence-electron chi connectivity index (χ4n) is 2.27. The summed E-state index contributed by atoms with van der Waals surface area (Å²) >= 11 is 8.99. The number of rotatable bonds is 9. The van der Waals surface area contributed by atoms with E-state index in [1.54, 1.807) is 16.8 Å². The van der Waals surface area contributed by atoms with Gasteiger partial charge >= 0.3 is 0 Å². The number of aryl methyl sites for hydroxylation is 1. The Bertz CT molecular complexity index is 795. The van der Waals surface area contributed by atoms with Crippen molar-refractivity contribution in [1.29, 1.82) is 0 Å². The minimum atomic E-state index is -1.15. The first kappa shape index (κ1) is 22.1. The molecular weight excluding hydrogens is 453 g/mol. The van der Waals surface area contributed by atoms with Crippen LogP contribution in [0.3, 0.4) is 0 Å². The van der Waals surface area contributed by atoms with E-state index in [1.807, 2.05) is 0 Å². The summed E-state index contributed by atoms with van der Waals surface area (Å²) in [7, 11) is -1.15. The smallest absolute Gasteiger partial charge is 0.225 e. The number of nitrogens with zero attached hydrogens (tertiary/aromatic N) is 2. The van der Waals surface area contributed by atoms with Gasteiger partial charge in [0.1, 0.15) is 23.0 Å². The van der Waals surface area contributed by atoms with Crippen LogP contribution in [0.4, 0.5) is 10.2 Å². The van der Waals surface area contributed by atoms with Gasteiger partial charge in [-0.05, 0) is 40.0 Å². The average molecular weight is 477 g/mol. The summed E-state index contributed by atoms with van der Waals surface area (Å²) in [6.45, 7) is 7.81. The number of benzene rings is 1. The molecular formula is C18H24BrClFN3O2Si-. The molecule has 1 heterocycles. The van der Waals surface area contributed by atoms with Crippen LogP contribution in [0.1, 0.15) is 12.0 Å². The van der Waals surface area contributed by atoms with Gasteiger partial charge in [0.05, 0.1) is 5.02 Å². The Kier molecular flexibility index (Phi) is 8.02. The molecule has 0 aliphatic heterocycles. The van der Waals surface area contributed by atoms with Crippen molar-refractivity contribution in [2.75, 3.05) is 11.9 Å². The highest BCUT2D eigenvalue weighted by Crippen LogP contribution is 2.18. The Hall–Kier alpha value is -1.22. The number of hydrogen-bond acceptors (Lipinski definition) is 3. The summed E-state index contributed by atoms with van der Waals surface area (Å²) in [5, 5.41) is 7.18. The second kappa shape index (κ2) is 9.82. The number of carbonyl (C=O) groups is 1. The molecule has 27 heavy (non-hydrogen) atoms. The van der Waals surface area contributed by atoms with Gasteiger partial charge in [-0.2, -0.15) is 24.7 Å². The van der Waals surface area contributed by atoms with Crippen molar-refractivity contribution in [1.82, 2.24) is 9.78 Å². The van der Waals surface area contributed by atoms with Crippen molar-refractivity contribution in [3.63, 3.8) is 0 Å². The lowest BCUT2D eigenvalue weighted by Crippen LogP contribution is -2.22. The standard InChI is InChI=1S/C18H24BrClFN3O2Si/c1-27(2,3)9-8-26-12-24-17(11-16(19)23-24)22-18(25)7-5-13-4-6-14(20)15(21)10-13/h4,6,10-11H,5,7-9,12H2,1-3H3,(H,22,25)/q-1. The SMILES string of the molecule is C[Si-](C)(C)CCOCn1nc(Br)cc1NC(=O)CCc1ccc(Cl)c(F)c1. The van der Waals surface area contributed by atoms with Gasteiger partial charge in [-0.3, -0.25) is 4.79 Å². The Labute approximate surface area is 173 Å². The highest BCUT2D eigenvalue weighted by atomic mass is 79.9. The molecule has 149 valence electrons. The highest BCUT2D eigenvalue weighted by Gasteiger charge is 2.11. The van der Waals surface area contributed by atoms with Gasteiger partial charge in [-0.1, -0.05) is 17.7 Å². The fraction of sp³-hybridized carbons (Fsp3) is 0.444. The summed E-state index contributed by atoms with van der Waals surface area (Å²) in [4.78, 5) is 12.2. The normalized spacial score (nSPS) is 11.6. The van der Waals surface area contributed by atoms with E-state index in [4.69, 9.17) is 16.3 Å². The van der Waals surface area contributed by atoms with Crippen molar-refractivity contribution < 1.29 is 13.9 Å². The third-order valence-electron chi connectivity index (χ3n) is 3.85. The molecule has 0 spiro atoms. The van der Waals surface area contributed by atoms with E-state index in [0.717, 1.165) is 11.6 Å². The topological polar surface area (TPSA) is 56.1 Å². The predicted molar refractivity (Wildman–Crippen MR) is 112 cm³/mol. The van der Waals surface area contributed by atoms with Crippen LogP contribution in [0.5, 0.6) is 0 Å². The van der Waals surface area contributed by atoms with Crippen LogP contribution in [0, 0.1) is 5.82 Å². The molecule has 0 atom stereocenters. The van der Waals surface area contributed by atoms with Gasteiger partial charge in [0.2, 0.25) is 5.91 Å². The van der Waals surface area contributed by atoms with Crippen molar-refractivity contribution in [2.24, 2.45) is 0 Å². The monoisotopic (exact) mass is 475 g/mol. The lowest BCUT2D eigenvalue weighted by molar-refractivity contribution is -0.116. The summed E-state index contributed by atoms with van der Waals surface area (Å²) in [6.07, 6.45) is 0.641. The Morgan fingerprint density at radius 1 is 1.37 bits per heavy atom. The molecule has 0 fully saturated rings. The number of anilines is 1. The molecule has 0 unspecified atom stereocenters. The van der Waals surface area contributed by atoms with Gasteiger partial charge in [0.15, 0.2) is 0 Å². The summed E-state index contributed by atoms with van der Waals surface area (Å²) < 4.78 is 21.4. The number of halogens is 3. The summed E-state index contributed by atoms with van der Waals surface area (Å²) in [6, 6.07) is 7.35. The lowest BCUT2D eigenvalue weighted by atomic mass is 10.1. The van der Waals surface area contributed by atoms with E-state index < -0.39 is 13.9 Å². The minimum Gasteiger partial charge on any atom is -0.362 e. The molecule has 0 bridgehead atoms. The maximum Gasteiger partial charge on any atom is 0.225 e. The number of ether oxygens (including phenoxy) is 1. The molecule has 1 amide bonds. The number of nitrogens with one attached hydrogen (secondary N) is 1. The number of aromatic nitrogens is 2. The van der Waals surface area contributed by atoms with Crippen LogP contribution < -0.4 is 5.32 Å². The van der Waals surface area contributed by atoms with Crippen molar-refractivity contribution in [3.05, 3.63) is 45.3 Å². The third-order valence-corrected chi connectivity index (χ3v) is 6.25. The Morgan fingerprint density at radius 2 is 2.11 bits per heavy atom. The van der Waals surface area contributed by atoms with E-state index in [1.165, 1.54) is 12.1 Å². The second-order valence-electron chi connectivity index (χ2n) is 7.50. The van der Waals surface area contributed by atoms with Crippen LogP contribution in [-0.2, 0) is 22.7 Å². The van der Waals surface area contributed by atoms with Crippen molar-refractivity contribution in [3.8, 4) is 0 Å². The molecule has 5 nitrogen and oxygen atoms in total. The van der Waals surface area contributed by atoms with Crippen LogP contribution in [0.15, 0.2) is 28.9 Å². The molecule has 0 aliphatic carbocycles. The first-order chi connectivity index (χ1) is 12.6. The van der Waals surface area contributed by atoms with Crippen molar-refractivity contribution in [2.45, 2.75) is 45.3 Å². The number of carbonyl (C=O) groups excluding carboxylic acids is 1. The molecule has 1 aromatic heterocycles. The zero-order chi connectivity index (χ0) is 20.0. The van der Waals surface area contributed by atoms with Crippen LogP contribution in [0.2, 0.25) is 30.7 Å².